The lowest BCUT2D eigenvalue weighted by Gasteiger charge is -2.35. The zero-order chi connectivity index (χ0) is 12.3. The second kappa shape index (κ2) is 5.52. The topological polar surface area (TPSA) is 35.6 Å². The quantitative estimate of drug-likeness (QED) is 0.671. The maximum absolute atomic E-state index is 12.3. The average molecular weight is 235 g/mol. The molecule has 1 amide bonds. The van der Waals surface area contributed by atoms with Crippen molar-refractivity contribution in [1.82, 2.24) is 15.1 Å². The minimum atomic E-state index is 0.0363. The van der Waals surface area contributed by atoms with Gasteiger partial charge >= 0.3 is 0 Å². The lowest BCUT2D eigenvalue weighted by Crippen LogP contribution is -2.54. The van der Waals surface area contributed by atoms with Crippen molar-refractivity contribution < 1.29 is 4.79 Å². The van der Waals surface area contributed by atoms with Gasteiger partial charge in [0.25, 0.3) is 0 Å². The third kappa shape index (κ3) is 2.80. The second-order valence-electron chi connectivity index (χ2n) is 5.00. The number of piperazine rings is 1. The van der Waals surface area contributed by atoms with E-state index in [1.165, 1.54) is 0 Å². The summed E-state index contributed by atoms with van der Waals surface area (Å²) in [5.41, 5.74) is 0. The molecular weight excluding hydrogens is 214 g/mol. The molecule has 0 aromatic carbocycles. The van der Waals surface area contributed by atoms with Gasteiger partial charge in [0, 0.05) is 26.2 Å². The van der Waals surface area contributed by atoms with E-state index in [1.807, 2.05) is 4.90 Å². The van der Waals surface area contributed by atoms with E-state index < -0.39 is 0 Å². The van der Waals surface area contributed by atoms with Crippen LogP contribution in [0.15, 0.2) is 0 Å². The molecule has 2 aliphatic heterocycles. The summed E-state index contributed by atoms with van der Waals surface area (Å²) in [7, 11) is 0. The molecule has 0 aromatic rings. The van der Waals surface area contributed by atoms with Gasteiger partial charge in [0.2, 0.25) is 5.91 Å². The molecule has 0 saturated carbocycles. The number of rotatable bonds is 2. The summed E-state index contributed by atoms with van der Waals surface area (Å²) in [6.45, 7) is 7.23. The van der Waals surface area contributed by atoms with Crippen LogP contribution in [0.3, 0.4) is 0 Å². The summed E-state index contributed by atoms with van der Waals surface area (Å²) in [4.78, 5) is 16.5. The molecule has 1 N–H and O–H groups in total. The summed E-state index contributed by atoms with van der Waals surface area (Å²) < 4.78 is 0. The highest BCUT2D eigenvalue weighted by molar-refractivity contribution is 5.82. The van der Waals surface area contributed by atoms with Crippen molar-refractivity contribution in [3.63, 3.8) is 0 Å². The molecule has 0 aromatic heterocycles. The van der Waals surface area contributed by atoms with Crippen LogP contribution in [0.1, 0.15) is 13.3 Å². The molecule has 2 unspecified atom stereocenters. The average Bonchev–Trinajstić information content (AvgIpc) is 2.76. The minimum Gasteiger partial charge on any atom is -0.339 e. The predicted octanol–water partition coefficient (Wildman–Crippen LogP) is -0.238. The van der Waals surface area contributed by atoms with Gasteiger partial charge in [-0.2, -0.15) is 0 Å². The highest BCUT2D eigenvalue weighted by Gasteiger charge is 2.33. The third-order valence-electron chi connectivity index (χ3n) is 3.80. The van der Waals surface area contributed by atoms with E-state index in [2.05, 4.69) is 23.1 Å². The number of carbonyl (C=O) groups is 1. The van der Waals surface area contributed by atoms with Gasteiger partial charge in [-0.1, -0.05) is 12.8 Å². The lowest BCUT2D eigenvalue weighted by atomic mass is 10.0. The smallest absolute Gasteiger partial charge is 0.240 e. The number of carbonyl (C=O) groups excluding carboxylic acids is 1. The summed E-state index contributed by atoms with van der Waals surface area (Å²) in [6.07, 6.45) is 6.39. The normalized spacial score (nSPS) is 30.2. The Hall–Kier alpha value is -1.05. The van der Waals surface area contributed by atoms with Gasteiger partial charge in [-0.25, -0.2) is 0 Å². The van der Waals surface area contributed by atoms with Crippen LogP contribution in [0.25, 0.3) is 0 Å². The monoisotopic (exact) mass is 235 g/mol. The fourth-order valence-electron chi connectivity index (χ4n) is 2.62. The van der Waals surface area contributed by atoms with Crippen molar-refractivity contribution in [2.45, 2.75) is 19.4 Å². The number of hydrogen-bond donors (Lipinski definition) is 1. The highest BCUT2D eigenvalue weighted by atomic mass is 16.2. The maximum atomic E-state index is 12.3. The van der Waals surface area contributed by atoms with Gasteiger partial charge < -0.3 is 10.2 Å². The molecule has 0 radical (unpaired) electrons. The first-order valence-corrected chi connectivity index (χ1v) is 6.40. The van der Waals surface area contributed by atoms with Crippen LogP contribution < -0.4 is 5.32 Å². The first-order chi connectivity index (χ1) is 8.22. The first-order valence-electron chi connectivity index (χ1n) is 6.40. The van der Waals surface area contributed by atoms with E-state index in [0.29, 0.717) is 12.5 Å². The Bertz CT molecular complexity index is 315. The molecule has 2 fully saturated rings. The van der Waals surface area contributed by atoms with Gasteiger partial charge in [0.1, 0.15) is 0 Å². The van der Waals surface area contributed by atoms with E-state index in [4.69, 9.17) is 6.42 Å². The van der Waals surface area contributed by atoms with Crippen LogP contribution in [0.2, 0.25) is 0 Å². The fraction of sp³-hybridized carbons (Fsp3) is 0.769. The summed E-state index contributed by atoms with van der Waals surface area (Å²) >= 11 is 0. The van der Waals surface area contributed by atoms with Crippen molar-refractivity contribution in [2.75, 3.05) is 39.3 Å². The van der Waals surface area contributed by atoms with Crippen molar-refractivity contribution >= 4 is 5.91 Å². The molecular formula is C13H21N3O. The van der Waals surface area contributed by atoms with Crippen molar-refractivity contribution in [2.24, 2.45) is 5.92 Å². The van der Waals surface area contributed by atoms with Gasteiger partial charge in [-0.05, 0) is 18.9 Å². The van der Waals surface area contributed by atoms with Crippen LogP contribution in [0.5, 0.6) is 0 Å². The summed E-state index contributed by atoms with van der Waals surface area (Å²) in [5, 5.41) is 3.30. The Morgan fingerprint density at radius 2 is 2.12 bits per heavy atom. The number of nitrogens with one attached hydrogen (secondary N) is 1. The molecule has 0 aliphatic carbocycles. The second-order valence-corrected chi connectivity index (χ2v) is 5.00. The van der Waals surface area contributed by atoms with E-state index in [0.717, 1.165) is 39.1 Å². The van der Waals surface area contributed by atoms with Gasteiger partial charge in [-0.15, -0.1) is 6.42 Å². The number of nitrogens with zero attached hydrogens (tertiary/aromatic N) is 2. The molecule has 17 heavy (non-hydrogen) atoms. The predicted molar refractivity (Wildman–Crippen MR) is 67.4 cm³/mol. The largest absolute Gasteiger partial charge is 0.339 e. The van der Waals surface area contributed by atoms with Gasteiger partial charge in [0.05, 0.1) is 12.6 Å². The van der Waals surface area contributed by atoms with E-state index in [-0.39, 0.29) is 11.9 Å². The van der Waals surface area contributed by atoms with Crippen molar-refractivity contribution in [1.29, 1.82) is 0 Å². The zero-order valence-electron chi connectivity index (χ0n) is 10.5. The third-order valence-corrected chi connectivity index (χ3v) is 3.80. The Kier molecular flexibility index (Phi) is 4.03. The van der Waals surface area contributed by atoms with Crippen LogP contribution in [-0.2, 0) is 4.79 Å². The molecule has 2 aliphatic rings. The molecule has 4 nitrogen and oxygen atoms in total. The number of terminal acetylenes is 1. The van der Waals surface area contributed by atoms with Gasteiger partial charge in [0.15, 0.2) is 0 Å². The molecule has 2 rings (SSSR count). The Morgan fingerprint density at radius 3 is 2.65 bits per heavy atom. The summed E-state index contributed by atoms with van der Waals surface area (Å²) in [5.74, 6) is 3.39. The van der Waals surface area contributed by atoms with E-state index >= 15 is 0 Å². The number of amides is 1. The molecule has 2 atom stereocenters. The SMILES string of the molecule is C#CCN1CCN(C(=O)C2NCCC2C)CC1. The van der Waals surface area contributed by atoms with E-state index in [9.17, 15) is 4.79 Å². The number of hydrogen-bond acceptors (Lipinski definition) is 3. The summed E-state index contributed by atoms with van der Waals surface area (Å²) in [6, 6.07) is 0.0363. The molecule has 2 saturated heterocycles. The molecule has 0 spiro atoms. The Morgan fingerprint density at radius 1 is 1.41 bits per heavy atom. The molecule has 0 bridgehead atoms. The van der Waals surface area contributed by atoms with Crippen LogP contribution in [0, 0.1) is 18.3 Å². The van der Waals surface area contributed by atoms with Crippen LogP contribution in [0.4, 0.5) is 0 Å². The van der Waals surface area contributed by atoms with Crippen LogP contribution >= 0.6 is 0 Å². The minimum absolute atomic E-state index is 0.0363. The van der Waals surface area contributed by atoms with Crippen molar-refractivity contribution in [3.05, 3.63) is 0 Å². The van der Waals surface area contributed by atoms with Gasteiger partial charge in [-0.3, -0.25) is 9.69 Å². The fourth-order valence-corrected chi connectivity index (χ4v) is 2.62. The first kappa shape index (κ1) is 12.4. The van der Waals surface area contributed by atoms with Crippen molar-refractivity contribution in [3.8, 4) is 12.3 Å². The molecule has 94 valence electrons. The lowest BCUT2D eigenvalue weighted by molar-refractivity contribution is -0.135. The molecule has 4 heteroatoms. The Balaban J connectivity index is 1.84. The van der Waals surface area contributed by atoms with E-state index in [1.54, 1.807) is 0 Å². The zero-order valence-corrected chi connectivity index (χ0v) is 10.5. The Labute approximate surface area is 103 Å². The molecule has 2 heterocycles. The highest BCUT2D eigenvalue weighted by Crippen LogP contribution is 2.17. The van der Waals surface area contributed by atoms with Crippen LogP contribution in [-0.4, -0.2) is 61.0 Å². The standard InChI is InChI=1S/C13H21N3O/c1-3-6-15-7-9-16(10-8-15)13(17)12-11(2)4-5-14-12/h1,11-12,14H,4-10H2,2H3. The maximum Gasteiger partial charge on any atom is 0.240 e.